The third-order valence-corrected chi connectivity index (χ3v) is 9.02. The molecule has 1 aromatic heterocycles. The molecule has 3 aromatic carbocycles. The van der Waals surface area contributed by atoms with Crippen LogP contribution in [0.5, 0.6) is 17.2 Å². The molecule has 0 saturated carbocycles. The number of amides is 1. The zero-order valence-electron chi connectivity index (χ0n) is 28.2. The average Bonchev–Trinajstić information content (AvgIpc) is 3.52. The second-order valence-electron chi connectivity index (χ2n) is 12.8. The fourth-order valence-corrected chi connectivity index (χ4v) is 5.07. The molecule has 45 heavy (non-hydrogen) atoms. The van der Waals surface area contributed by atoms with Crippen LogP contribution in [0.25, 0.3) is 16.9 Å². The molecular formula is C38H49N3O4. The lowest BCUT2D eigenvalue weighted by Crippen LogP contribution is -2.27. The van der Waals surface area contributed by atoms with E-state index in [1.54, 1.807) is 18.9 Å². The zero-order chi connectivity index (χ0) is 32.6. The Morgan fingerprint density at radius 1 is 0.800 bits per heavy atom. The average molecular weight is 612 g/mol. The molecule has 7 heteroatoms. The summed E-state index contributed by atoms with van der Waals surface area (Å²) in [6, 6.07) is 23.7. The molecule has 4 aromatic rings. The Morgan fingerprint density at radius 3 is 2.02 bits per heavy atom. The first kappa shape index (κ1) is 33.6. The van der Waals surface area contributed by atoms with E-state index in [0.29, 0.717) is 24.5 Å². The van der Waals surface area contributed by atoms with Crippen molar-refractivity contribution in [3.05, 3.63) is 89.6 Å². The molecule has 1 amide bonds. The molecule has 0 fully saturated rings. The van der Waals surface area contributed by atoms with E-state index in [-0.39, 0.29) is 16.7 Å². The lowest BCUT2D eigenvalue weighted by atomic mass is 9.76. The van der Waals surface area contributed by atoms with Gasteiger partial charge in [-0.15, -0.1) is 0 Å². The molecule has 4 rings (SSSR count). The number of rotatable bonds is 15. The van der Waals surface area contributed by atoms with E-state index in [4.69, 9.17) is 19.3 Å². The summed E-state index contributed by atoms with van der Waals surface area (Å²) >= 11 is 0. The van der Waals surface area contributed by atoms with Crippen LogP contribution in [-0.4, -0.2) is 43.1 Å². The summed E-state index contributed by atoms with van der Waals surface area (Å²) in [4.78, 5) is 13.4. The van der Waals surface area contributed by atoms with Crippen molar-refractivity contribution in [2.45, 2.75) is 78.1 Å². The van der Waals surface area contributed by atoms with Crippen molar-refractivity contribution in [3.8, 4) is 34.2 Å². The molecule has 0 aliphatic heterocycles. The van der Waals surface area contributed by atoms with E-state index in [1.807, 2.05) is 54.6 Å². The topological polar surface area (TPSA) is 74.6 Å². The van der Waals surface area contributed by atoms with Crippen LogP contribution in [0.1, 0.15) is 88.8 Å². The quantitative estimate of drug-likeness (QED) is 0.136. The van der Waals surface area contributed by atoms with Gasteiger partial charge < -0.3 is 19.5 Å². The van der Waals surface area contributed by atoms with Gasteiger partial charge in [0.1, 0.15) is 22.9 Å². The fourth-order valence-electron chi connectivity index (χ4n) is 5.07. The number of unbranched alkanes of at least 4 members (excludes halogenated alkanes) is 1. The van der Waals surface area contributed by atoms with Gasteiger partial charge in [-0.25, -0.2) is 4.68 Å². The Balaban J connectivity index is 1.41. The van der Waals surface area contributed by atoms with Gasteiger partial charge in [-0.3, -0.25) is 4.79 Å². The van der Waals surface area contributed by atoms with Crippen molar-refractivity contribution in [1.29, 1.82) is 0 Å². The number of carbonyl (C=O) groups excluding carboxylic acids is 1. The van der Waals surface area contributed by atoms with E-state index < -0.39 is 0 Å². The fraction of sp³-hybridized carbons (Fsp3) is 0.421. The summed E-state index contributed by atoms with van der Waals surface area (Å²) in [5.74, 6) is 2.27. The van der Waals surface area contributed by atoms with E-state index >= 15 is 0 Å². The van der Waals surface area contributed by atoms with Crippen molar-refractivity contribution in [2.75, 3.05) is 27.4 Å². The first-order valence-corrected chi connectivity index (χ1v) is 16.0. The van der Waals surface area contributed by atoms with E-state index in [2.05, 4.69) is 65.1 Å². The first-order chi connectivity index (χ1) is 21.5. The maximum atomic E-state index is 13.4. The second-order valence-corrected chi connectivity index (χ2v) is 12.8. The number of methoxy groups -OCH3 is 2. The van der Waals surface area contributed by atoms with E-state index in [1.165, 1.54) is 11.1 Å². The summed E-state index contributed by atoms with van der Waals surface area (Å²) in [6.07, 6.45) is 3.72. The first-order valence-electron chi connectivity index (χ1n) is 16.0. The maximum absolute atomic E-state index is 13.4. The summed E-state index contributed by atoms with van der Waals surface area (Å²) in [6.45, 7) is 14.7. The number of ether oxygens (including phenoxy) is 3. The Bertz CT molecular complexity index is 1550. The molecule has 0 radical (unpaired) electrons. The largest absolute Gasteiger partial charge is 0.497 e. The number of carbonyl (C=O) groups is 1. The zero-order valence-corrected chi connectivity index (χ0v) is 28.2. The minimum absolute atomic E-state index is 0.0145. The van der Waals surface area contributed by atoms with Crippen LogP contribution in [0.15, 0.2) is 72.8 Å². The van der Waals surface area contributed by atoms with Crippen molar-refractivity contribution in [2.24, 2.45) is 0 Å². The molecule has 1 N–H and O–H groups in total. The Kier molecular flexibility index (Phi) is 11.0. The molecule has 0 aliphatic carbocycles. The molecule has 0 bridgehead atoms. The monoisotopic (exact) mass is 611 g/mol. The van der Waals surface area contributed by atoms with Crippen LogP contribution in [0.2, 0.25) is 0 Å². The molecule has 0 aliphatic rings. The minimum atomic E-state index is -0.180. The van der Waals surface area contributed by atoms with E-state index in [9.17, 15) is 4.79 Å². The van der Waals surface area contributed by atoms with Gasteiger partial charge in [0.2, 0.25) is 0 Å². The van der Waals surface area contributed by atoms with Crippen molar-refractivity contribution < 1.29 is 19.0 Å². The molecule has 1 heterocycles. The molecule has 0 unspecified atom stereocenters. The molecule has 0 atom stereocenters. The number of nitrogens with one attached hydrogen (secondary N) is 1. The lowest BCUT2D eigenvalue weighted by Gasteiger charge is -2.30. The van der Waals surface area contributed by atoms with E-state index in [0.717, 1.165) is 54.2 Å². The van der Waals surface area contributed by atoms with Crippen molar-refractivity contribution >= 4 is 5.91 Å². The third kappa shape index (κ3) is 8.07. The number of hydrogen-bond donors (Lipinski definition) is 1. The molecular weight excluding hydrogens is 562 g/mol. The number of nitrogens with zero attached hydrogens (tertiary/aromatic N) is 2. The van der Waals surface area contributed by atoms with Crippen LogP contribution in [0.4, 0.5) is 0 Å². The second kappa shape index (κ2) is 14.7. The highest BCUT2D eigenvalue weighted by Gasteiger charge is 2.26. The molecule has 0 saturated heterocycles. The number of benzene rings is 3. The van der Waals surface area contributed by atoms with Crippen molar-refractivity contribution in [3.63, 3.8) is 0 Å². The van der Waals surface area contributed by atoms with Gasteiger partial charge in [-0.1, -0.05) is 53.7 Å². The van der Waals surface area contributed by atoms with Gasteiger partial charge in [0.05, 0.1) is 32.2 Å². The minimum Gasteiger partial charge on any atom is -0.497 e. The van der Waals surface area contributed by atoms with Gasteiger partial charge in [-0.2, -0.15) is 5.10 Å². The third-order valence-electron chi connectivity index (χ3n) is 9.02. The highest BCUT2D eigenvalue weighted by molar-refractivity contribution is 5.94. The van der Waals surface area contributed by atoms with Crippen molar-refractivity contribution in [1.82, 2.24) is 15.1 Å². The van der Waals surface area contributed by atoms with Crippen LogP contribution >= 0.6 is 0 Å². The van der Waals surface area contributed by atoms with Crippen LogP contribution in [0.3, 0.4) is 0 Å². The van der Waals surface area contributed by atoms with Gasteiger partial charge >= 0.3 is 0 Å². The molecule has 7 nitrogen and oxygen atoms in total. The summed E-state index contributed by atoms with van der Waals surface area (Å²) < 4.78 is 18.6. The molecule has 0 spiro atoms. The number of aromatic nitrogens is 2. The SMILES string of the molecule is CCC(C)(C)c1ccc(OCCCCNC(=O)c2cc(-c3ccc(OC)cc3)nn2-c2ccc(OC)cc2)c(C(C)(C)CC)c1. The standard InChI is InChI=1S/C38H49N3O4/c1-9-37(3,4)28-15-22-35(32(25-28)38(5,6)10-2)45-24-12-11-23-39-36(42)34-26-33(27-13-18-30(43-7)19-14-27)40-41(34)29-16-20-31(44-8)21-17-29/h13-22,25-26H,9-12,23-24H2,1-8H3,(H,39,42). The smallest absolute Gasteiger partial charge is 0.270 e. The van der Waals surface area contributed by atoms with Gasteiger partial charge in [-0.05, 0) is 103 Å². The Labute approximate surface area is 268 Å². The Morgan fingerprint density at radius 2 is 1.42 bits per heavy atom. The van der Waals surface area contributed by atoms with Gasteiger partial charge in [0, 0.05) is 17.7 Å². The van der Waals surface area contributed by atoms with Crippen LogP contribution < -0.4 is 19.5 Å². The summed E-state index contributed by atoms with van der Waals surface area (Å²) in [5, 5.41) is 7.88. The maximum Gasteiger partial charge on any atom is 0.270 e. The lowest BCUT2D eigenvalue weighted by molar-refractivity contribution is 0.0944. The Hall–Kier alpha value is -4.26. The number of hydrogen-bond acceptors (Lipinski definition) is 5. The summed E-state index contributed by atoms with van der Waals surface area (Å²) in [7, 11) is 3.26. The molecule has 240 valence electrons. The van der Waals surface area contributed by atoms with Gasteiger partial charge in [0.25, 0.3) is 5.91 Å². The highest BCUT2D eigenvalue weighted by Crippen LogP contribution is 2.38. The normalized spacial score (nSPS) is 11.7. The van der Waals surface area contributed by atoms with Crippen LogP contribution in [-0.2, 0) is 10.8 Å². The van der Waals surface area contributed by atoms with Crippen LogP contribution in [0, 0.1) is 0 Å². The van der Waals surface area contributed by atoms with Gasteiger partial charge in [0.15, 0.2) is 0 Å². The predicted octanol–water partition coefficient (Wildman–Crippen LogP) is 8.52. The highest BCUT2D eigenvalue weighted by atomic mass is 16.5. The predicted molar refractivity (Wildman–Crippen MR) is 182 cm³/mol. The summed E-state index contributed by atoms with van der Waals surface area (Å²) in [5.41, 5.74) is 5.57.